The lowest BCUT2D eigenvalue weighted by atomic mass is 10.2. The molecule has 3 aromatic heterocycles. The maximum atomic E-state index is 9.51. The first-order valence-corrected chi connectivity index (χ1v) is 14.9. The maximum Gasteiger partial charge on any atom is 0.229 e. The molecule has 0 saturated heterocycles. The number of hydrogen-bond acceptors (Lipinski definition) is 8. The fourth-order valence-corrected chi connectivity index (χ4v) is 4.29. The lowest BCUT2D eigenvalue weighted by molar-refractivity contribution is 0.0816. The Labute approximate surface area is 192 Å². The van der Waals surface area contributed by atoms with Crippen LogP contribution in [-0.2, 0) is 11.5 Å². The second kappa shape index (κ2) is 8.50. The molecule has 0 unspecified atom stereocenters. The number of fused-ring (bicyclic) bond motifs is 2. The Bertz CT molecular complexity index is 1340. The van der Waals surface area contributed by atoms with E-state index in [1.165, 1.54) is 0 Å². The molecule has 5 rings (SSSR count). The summed E-state index contributed by atoms with van der Waals surface area (Å²) in [7, 11) is -1.17. The van der Waals surface area contributed by atoms with E-state index in [0.717, 1.165) is 41.0 Å². The summed E-state index contributed by atoms with van der Waals surface area (Å²) in [5.41, 5.74) is 3.41. The van der Waals surface area contributed by atoms with Crippen molar-refractivity contribution in [3.05, 3.63) is 36.2 Å². The number of hydrogen-bond donors (Lipinski definition) is 2. The summed E-state index contributed by atoms with van der Waals surface area (Å²) in [6, 6.07) is 11.3. The van der Waals surface area contributed by atoms with Crippen LogP contribution in [0.15, 0.2) is 34.9 Å². The molecule has 0 spiro atoms. The first-order valence-electron chi connectivity index (χ1n) is 11.2. The molecule has 1 fully saturated rings. The molecule has 3 heterocycles. The Kier molecular flexibility index (Phi) is 5.52. The molecule has 1 saturated carbocycles. The van der Waals surface area contributed by atoms with Gasteiger partial charge in [-0.3, -0.25) is 0 Å². The SMILES string of the molecule is C[Si](C)(C)CCOCn1nc(C#N)c2ccc(Nc3nc(NC4CC4)c4occc4n3)cc21. The van der Waals surface area contributed by atoms with Crippen molar-refractivity contribution >= 4 is 47.5 Å². The van der Waals surface area contributed by atoms with Crippen LogP contribution in [0.3, 0.4) is 0 Å². The summed E-state index contributed by atoms with van der Waals surface area (Å²) >= 11 is 0. The van der Waals surface area contributed by atoms with Crippen LogP contribution in [0, 0.1) is 11.3 Å². The van der Waals surface area contributed by atoms with Crippen molar-refractivity contribution in [2.75, 3.05) is 17.2 Å². The summed E-state index contributed by atoms with van der Waals surface area (Å²) < 4.78 is 13.2. The van der Waals surface area contributed by atoms with Crippen molar-refractivity contribution < 1.29 is 9.15 Å². The zero-order chi connectivity index (χ0) is 23.0. The quantitative estimate of drug-likeness (QED) is 0.262. The van der Waals surface area contributed by atoms with E-state index in [-0.39, 0.29) is 0 Å². The van der Waals surface area contributed by atoms with Crippen LogP contribution < -0.4 is 10.6 Å². The van der Waals surface area contributed by atoms with Gasteiger partial charge < -0.3 is 19.8 Å². The molecular weight excluding hydrogens is 434 g/mol. The third-order valence-electron chi connectivity index (χ3n) is 5.55. The van der Waals surface area contributed by atoms with Crippen LogP contribution >= 0.6 is 0 Å². The smallest absolute Gasteiger partial charge is 0.229 e. The van der Waals surface area contributed by atoms with E-state index in [1.54, 1.807) is 10.9 Å². The third-order valence-corrected chi connectivity index (χ3v) is 7.25. The van der Waals surface area contributed by atoms with Crippen molar-refractivity contribution in [3.8, 4) is 6.07 Å². The van der Waals surface area contributed by atoms with Gasteiger partial charge in [0.25, 0.3) is 0 Å². The molecular formula is C23H27N7O2Si. The third kappa shape index (κ3) is 4.84. The van der Waals surface area contributed by atoms with Gasteiger partial charge in [0, 0.05) is 37.9 Å². The summed E-state index contributed by atoms with van der Waals surface area (Å²) in [6.07, 6.45) is 3.89. The number of rotatable bonds is 9. The molecule has 1 aliphatic carbocycles. The monoisotopic (exact) mass is 461 g/mol. The molecule has 1 aliphatic rings. The average Bonchev–Trinajstić information content (AvgIpc) is 3.33. The van der Waals surface area contributed by atoms with E-state index in [2.05, 4.69) is 51.4 Å². The summed E-state index contributed by atoms with van der Waals surface area (Å²) in [5, 5.41) is 21.4. The van der Waals surface area contributed by atoms with Gasteiger partial charge in [0.2, 0.25) is 5.95 Å². The number of nitrogens with one attached hydrogen (secondary N) is 2. The molecule has 1 aromatic carbocycles. The van der Waals surface area contributed by atoms with Crippen molar-refractivity contribution in [2.45, 2.75) is 51.3 Å². The zero-order valence-corrected chi connectivity index (χ0v) is 20.1. The van der Waals surface area contributed by atoms with Gasteiger partial charge in [0.05, 0.1) is 11.8 Å². The van der Waals surface area contributed by atoms with Crippen LogP contribution in [0.5, 0.6) is 0 Å². The number of nitrogens with zero attached hydrogens (tertiary/aromatic N) is 5. The minimum Gasteiger partial charge on any atom is -0.459 e. The van der Waals surface area contributed by atoms with Crippen molar-refractivity contribution in [3.63, 3.8) is 0 Å². The number of ether oxygens (including phenoxy) is 1. The van der Waals surface area contributed by atoms with Crippen LogP contribution in [0.2, 0.25) is 25.7 Å². The largest absolute Gasteiger partial charge is 0.459 e. The van der Waals surface area contributed by atoms with E-state index in [9.17, 15) is 5.26 Å². The number of anilines is 3. The van der Waals surface area contributed by atoms with Gasteiger partial charge >= 0.3 is 0 Å². The molecule has 0 aliphatic heterocycles. The van der Waals surface area contributed by atoms with Crippen molar-refractivity contribution in [1.29, 1.82) is 5.26 Å². The minimum atomic E-state index is -1.17. The Morgan fingerprint density at radius 2 is 2.09 bits per heavy atom. The van der Waals surface area contributed by atoms with E-state index >= 15 is 0 Å². The van der Waals surface area contributed by atoms with E-state index in [1.807, 2.05) is 24.3 Å². The molecule has 0 amide bonds. The fraction of sp³-hybridized carbons (Fsp3) is 0.391. The van der Waals surface area contributed by atoms with Crippen LogP contribution in [-0.4, -0.2) is 40.5 Å². The predicted molar refractivity (Wildman–Crippen MR) is 130 cm³/mol. The summed E-state index contributed by atoms with van der Waals surface area (Å²) in [6.45, 7) is 7.95. The number of benzene rings is 1. The molecule has 2 N–H and O–H groups in total. The Morgan fingerprint density at radius 3 is 2.85 bits per heavy atom. The standard InChI is InChI=1S/C23H27N7O2Si/c1-33(2,3)11-10-31-14-30-20-12-16(6-7-17(20)19(13-24)29-30)26-23-27-18-8-9-32-21(18)22(28-23)25-15-4-5-15/h6-9,12,15H,4-5,10-11,14H2,1-3H3,(H2,25,26,27,28). The average molecular weight is 462 g/mol. The molecule has 10 heteroatoms. The first-order chi connectivity index (χ1) is 15.9. The molecule has 170 valence electrons. The summed E-state index contributed by atoms with van der Waals surface area (Å²) in [4.78, 5) is 9.21. The normalized spacial score (nSPS) is 14.0. The van der Waals surface area contributed by atoms with Gasteiger partial charge in [-0.05, 0) is 37.1 Å². The second-order valence-corrected chi connectivity index (χ2v) is 15.2. The molecule has 4 aromatic rings. The van der Waals surface area contributed by atoms with Crippen LogP contribution in [0.1, 0.15) is 18.5 Å². The van der Waals surface area contributed by atoms with Gasteiger partial charge in [-0.15, -0.1) is 0 Å². The summed E-state index contributed by atoms with van der Waals surface area (Å²) in [5.74, 6) is 1.17. The molecule has 33 heavy (non-hydrogen) atoms. The Hall–Kier alpha value is -3.42. The highest BCUT2D eigenvalue weighted by molar-refractivity contribution is 6.76. The fourth-order valence-electron chi connectivity index (χ4n) is 3.53. The number of aromatic nitrogens is 4. The lowest BCUT2D eigenvalue weighted by Crippen LogP contribution is -2.22. The van der Waals surface area contributed by atoms with Gasteiger partial charge in [0.15, 0.2) is 17.1 Å². The van der Waals surface area contributed by atoms with Gasteiger partial charge in [-0.2, -0.15) is 15.3 Å². The maximum absolute atomic E-state index is 9.51. The predicted octanol–water partition coefficient (Wildman–Crippen LogP) is 5.07. The molecule has 0 atom stereocenters. The van der Waals surface area contributed by atoms with Crippen molar-refractivity contribution in [1.82, 2.24) is 19.7 Å². The Balaban J connectivity index is 1.40. The highest BCUT2D eigenvalue weighted by Gasteiger charge is 2.24. The lowest BCUT2D eigenvalue weighted by Gasteiger charge is -2.15. The van der Waals surface area contributed by atoms with Gasteiger partial charge in [-0.25, -0.2) is 9.67 Å². The van der Waals surface area contributed by atoms with E-state index in [0.29, 0.717) is 42.4 Å². The molecule has 0 bridgehead atoms. The Morgan fingerprint density at radius 1 is 1.24 bits per heavy atom. The van der Waals surface area contributed by atoms with Gasteiger partial charge in [-0.1, -0.05) is 19.6 Å². The zero-order valence-electron chi connectivity index (χ0n) is 19.1. The van der Waals surface area contributed by atoms with Crippen LogP contribution in [0.4, 0.5) is 17.5 Å². The molecule has 9 nitrogen and oxygen atoms in total. The van der Waals surface area contributed by atoms with Crippen molar-refractivity contribution in [2.24, 2.45) is 0 Å². The number of furan rings is 1. The number of nitriles is 1. The highest BCUT2D eigenvalue weighted by atomic mass is 28.3. The molecule has 0 radical (unpaired) electrons. The minimum absolute atomic E-state index is 0.305. The second-order valence-electron chi connectivity index (χ2n) is 9.61. The first kappa shape index (κ1) is 21.4. The van der Waals surface area contributed by atoms with Gasteiger partial charge in [0.1, 0.15) is 18.3 Å². The van der Waals surface area contributed by atoms with E-state index in [4.69, 9.17) is 9.15 Å². The van der Waals surface area contributed by atoms with Crippen LogP contribution in [0.25, 0.3) is 22.0 Å². The van der Waals surface area contributed by atoms with E-state index < -0.39 is 8.07 Å². The topological polar surface area (TPSA) is 114 Å². The highest BCUT2D eigenvalue weighted by Crippen LogP contribution is 2.30.